The van der Waals surface area contributed by atoms with Crippen LogP contribution in [-0.2, 0) is 12.0 Å². The summed E-state index contributed by atoms with van der Waals surface area (Å²) in [6.45, 7) is 9.17. The number of anilines is 1. The van der Waals surface area contributed by atoms with Gasteiger partial charge in [-0.15, -0.1) is 10.2 Å². The molecule has 1 N–H and O–H groups in total. The van der Waals surface area contributed by atoms with E-state index in [-0.39, 0.29) is 5.41 Å². The summed E-state index contributed by atoms with van der Waals surface area (Å²) in [7, 11) is 0. The lowest BCUT2D eigenvalue weighted by molar-refractivity contribution is 0.514. The van der Waals surface area contributed by atoms with E-state index in [1.54, 1.807) is 0 Å². The monoisotopic (exact) mass is 321 g/mol. The van der Waals surface area contributed by atoms with Crippen LogP contribution >= 0.6 is 0 Å². The third kappa shape index (κ3) is 3.65. The Labute approximate surface area is 142 Å². The van der Waals surface area contributed by atoms with E-state index in [9.17, 15) is 0 Å². The van der Waals surface area contributed by atoms with Crippen molar-refractivity contribution in [3.8, 4) is 11.5 Å². The van der Waals surface area contributed by atoms with Gasteiger partial charge in [0.2, 0.25) is 11.8 Å². The van der Waals surface area contributed by atoms with Gasteiger partial charge in [-0.25, -0.2) is 0 Å². The summed E-state index contributed by atoms with van der Waals surface area (Å²) in [4.78, 5) is 0. The predicted molar refractivity (Wildman–Crippen MR) is 96.9 cm³/mol. The van der Waals surface area contributed by atoms with Crippen molar-refractivity contribution < 1.29 is 4.42 Å². The van der Waals surface area contributed by atoms with Gasteiger partial charge in [0.05, 0.1) is 6.54 Å². The zero-order chi connectivity index (χ0) is 17.2. The first-order valence-corrected chi connectivity index (χ1v) is 8.16. The Kier molecular flexibility index (Phi) is 4.38. The Morgan fingerprint density at radius 3 is 2.38 bits per heavy atom. The summed E-state index contributed by atoms with van der Waals surface area (Å²) in [5.74, 6) is 1.13. The van der Waals surface area contributed by atoms with Crippen molar-refractivity contribution in [2.45, 2.75) is 39.7 Å². The van der Waals surface area contributed by atoms with E-state index >= 15 is 0 Å². The van der Waals surface area contributed by atoms with Crippen LogP contribution in [0.15, 0.2) is 52.9 Å². The quantitative estimate of drug-likeness (QED) is 0.738. The lowest BCUT2D eigenvalue weighted by Crippen LogP contribution is -2.14. The minimum absolute atomic E-state index is 0.0749. The minimum atomic E-state index is 0.0749. The average Bonchev–Trinajstić information content (AvgIpc) is 3.02. The summed E-state index contributed by atoms with van der Waals surface area (Å²) in [6.07, 6.45) is 0. The molecule has 4 heteroatoms. The number of aryl methyl sites for hydroxylation is 1. The van der Waals surface area contributed by atoms with E-state index in [1.165, 1.54) is 11.1 Å². The van der Waals surface area contributed by atoms with Crippen molar-refractivity contribution in [1.82, 2.24) is 10.2 Å². The van der Waals surface area contributed by atoms with Crippen LogP contribution in [0.5, 0.6) is 0 Å². The molecule has 24 heavy (non-hydrogen) atoms. The Morgan fingerprint density at radius 1 is 0.958 bits per heavy atom. The number of para-hydroxylation sites is 1. The first-order valence-electron chi connectivity index (χ1n) is 8.16. The fourth-order valence-corrected chi connectivity index (χ4v) is 2.60. The third-order valence-electron chi connectivity index (χ3n) is 3.93. The summed E-state index contributed by atoms with van der Waals surface area (Å²) in [5, 5.41) is 11.7. The van der Waals surface area contributed by atoms with Crippen molar-refractivity contribution in [1.29, 1.82) is 0 Å². The highest BCUT2D eigenvalue weighted by Gasteiger charge is 2.17. The summed E-state index contributed by atoms with van der Waals surface area (Å²) in [5.41, 5.74) is 4.59. The first kappa shape index (κ1) is 16.2. The molecular weight excluding hydrogens is 298 g/mol. The maximum Gasteiger partial charge on any atom is 0.247 e. The molecule has 3 aromatic rings. The Balaban J connectivity index is 1.74. The van der Waals surface area contributed by atoms with Crippen LogP contribution in [0.2, 0.25) is 0 Å². The van der Waals surface area contributed by atoms with Gasteiger partial charge in [-0.3, -0.25) is 0 Å². The van der Waals surface area contributed by atoms with Crippen LogP contribution in [0.4, 0.5) is 5.69 Å². The molecule has 0 bridgehead atoms. The molecule has 3 rings (SSSR count). The first-order chi connectivity index (χ1) is 11.4. The molecule has 0 fully saturated rings. The number of nitrogens with zero attached hydrogens (tertiary/aromatic N) is 2. The molecule has 0 aliphatic rings. The van der Waals surface area contributed by atoms with Gasteiger partial charge in [0, 0.05) is 11.3 Å². The van der Waals surface area contributed by atoms with E-state index in [0.29, 0.717) is 18.3 Å². The molecule has 1 heterocycles. The van der Waals surface area contributed by atoms with E-state index in [4.69, 9.17) is 4.42 Å². The molecule has 0 atom stereocenters. The van der Waals surface area contributed by atoms with E-state index in [0.717, 1.165) is 11.3 Å². The molecule has 1 aromatic heterocycles. The van der Waals surface area contributed by atoms with E-state index in [1.807, 2.05) is 30.3 Å². The molecular formula is C20H23N3O. The van der Waals surface area contributed by atoms with Crippen molar-refractivity contribution in [2.75, 3.05) is 5.32 Å². The van der Waals surface area contributed by atoms with Gasteiger partial charge in [-0.1, -0.05) is 56.7 Å². The number of hydrogen-bond donors (Lipinski definition) is 1. The number of nitrogens with one attached hydrogen (secondary N) is 1. The third-order valence-corrected chi connectivity index (χ3v) is 3.93. The lowest BCUT2D eigenvalue weighted by atomic mass is 9.86. The minimum Gasteiger partial charge on any atom is -0.419 e. The lowest BCUT2D eigenvalue weighted by Gasteiger charge is -2.23. The van der Waals surface area contributed by atoms with Gasteiger partial charge in [0.25, 0.3) is 0 Å². The van der Waals surface area contributed by atoms with Gasteiger partial charge in [-0.05, 0) is 36.1 Å². The molecule has 0 aliphatic carbocycles. The maximum atomic E-state index is 5.77. The second-order valence-electron chi connectivity index (χ2n) is 7.02. The average molecular weight is 321 g/mol. The van der Waals surface area contributed by atoms with Crippen LogP contribution in [0.3, 0.4) is 0 Å². The van der Waals surface area contributed by atoms with Crippen molar-refractivity contribution in [3.63, 3.8) is 0 Å². The topological polar surface area (TPSA) is 51.0 Å². The molecule has 0 saturated heterocycles. The second kappa shape index (κ2) is 6.48. The molecule has 0 unspecified atom stereocenters. The maximum absolute atomic E-state index is 5.77. The van der Waals surface area contributed by atoms with Crippen LogP contribution in [0.25, 0.3) is 11.5 Å². The number of aromatic nitrogens is 2. The molecule has 124 valence electrons. The summed E-state index contributed by atoms with van der Waals surface area (Å²) < 4.78 is 5.77. The molecule has 2 aromatic carbocycles. The predicted octanol–water partition coefficient (Wildman–Crippen LogP) is 4.95. The van der Waals surface area contributed by atoms with Crippen LogP contribution in [0, 0.1) is 6.92 Å². The highest BCUT2D eigenvalue weighted by atomic mass is 16.4. The Hall–Kier alpha value is -2.62. The number of hydrogen-bond acceptors (Lipinski definition) is 4. The standard InChI is InChI=1S/C20H23N3O/c1-14-9-11-15(12-10-14)19-23-22-18(24-19)13-21-17-8-6-5-7-16(17)20(2,3)4/h5-12,21H,13H2,1-4H3. The summed E-state index contributed by atoms with van der Waals surface area (Å²) >= 11 is 0. The zero-order valence-electron chi connectivity index (χ0n) is 14.6. The largest absolute Gasteiger partial charge is 0.419 e. The van der Waals surface area contributed by atoms with Crippen molar-refractivity contribution >= 4 is 5.69 Å². The second-order valence-corrected chi connectivity index (χ2v) is 7.02. The molecule has 0 aliphatic heterocycles. The number of rotatable bonds is 4. The smallest absolute Gasteiger partial charge is 0.247 e. The van der Waals surface area contributed by atoms with Gasteiger partial charge in [-0.2, -0.15) is 0 Å². The van der Waals surface area contributed by atoms with Gasteiger partial charge in [0.1, 0.15) is 0 Å². The SMILES string of the molecule is Cc1ccc(-c2nnc(CNc3ccccc3C(C)(C)C)o2)cc1. The van der Waals surface area contributed by atoms with Gasteiger partial charge >= 0.3 is 0 Å². The molecule has 0 saturated carbocycles. The van der Waals surface area contributed by atoms with E-state index in [2.05, 4.69) is 61.4 Å². The van der Waals surface area contributed by atoms with Crippen LogP contribution in [-0.4, -0.2) is 10.2 Å². The van der Waals surface area contributed by atoms with E-state index < -0.39 is 0 Å². The fraction of sp³-hybridized carbons (Fsp3) is 0.300. The Morgan fingerprint density at radius 2 is 1.67 bits per heavy atom. The molecule has 0 radical (unpaired) electrons. The summed E-state index contributed by atoms with van der Waals surface area (Å²) in [6, 6.07) is 16.4. The van der Waals surface area contributed by atoms with Crippen LogP contribution in [0.1, 0.15) is 37.8 Å². The highest BCUT2D eigenvalue weighted by molar-refractivity contribution is 5.55. The molecule has 4 nitrogen and oxygen atoms in total. The molecule has 0 amide bonds. The van der Waals surface area contributed by atoms with Crippen molar-refractivity contribution in [3.05, 3.63) is 65.5 Å². The number of benzene rings is 2. The Bertz CT molecular complexity index is 813. The highest BCUT2D eigenvalue weighted by Crippen LogP contribution is 2.29. The van der Waals surface area contributed by atoms with Gasteiger partial charge < -0.3 is 9.73 Å². The normalized spacial score (nSPS) is 11.5. The van der Waals surface area contributed by atoms with Crippen molar-refractivity contribution in [2.24, 2.45) is 0 Å². The van der Waals surface area contributed by atoms with Gasteiger partial charge in [0.15, 0.2) is 0 Å². The fourth-order valence-electron chi connectivity index (χ4n) is 2.60. The van der Waals surface area contributed by atoms with Crippen LogP contribution < -0.4 is 5.32 Å². The zero-order valence-corrected chi connectivity index (χ0v) is 14.6. The molecule has 0 spiro atoms.